The van der Waals surface area contributed by atoms with Gasteiger partial charge in [-0.05, 0) is 43.4 Å². The number of hydrogen-bond acceptors (Lipinski definition) is 3. The monoisotopic (exact) mass is 324 g/mol. The Morgan fingerprint density at radius 2 is 1.86 bits per heavy atom. The van der Waals surface area contributed by atoms with E-state index in [1.165, 1.54) is 4.90 Å². The van der Waals surface area contributed by atoms with Gasteiger partial charge < -0.3 is 10.4 Å². The van der Waals surface area contributed by atoms with Crippen molar-refractivity contribution in [3.8, 4) is 0 Å². The maximum absolute atomic E-state index is 12.8. The number of nitrogens with zero attached hydrogens (tertiary/aromatic N) is 1. The van der Waals surface area contributed by atoms with Gasteiger partial charge in [-0.1, -0.05) is 30.7 Å². The smallest absolute Gasteiger partial charge is 0.325 e. The van der Waals surface area contributed by atoms with Crippen molar-refractivity contribution >= 4 is 23.5 Å². The predicted octanol–water partition coefficient (Wildman–Crippen LogP) is 2.66. The second-order valence-corrected chi connectivity index (χ2v) is 5.87. The van der Waals surface area contributed by atoms with Crippen molar-refractivity contribution in [3.05, 3.63) is 34.9 Å². The van der Waals surface area contributed by atoms with Crippen LogP contribution in [-0.2, 0) is 10.3 Å². The second kappa shape index (κ2) is 7.11. The molecular weight excluding hydrogens is 304 g/mol. The van der Waals surface area contributed by atoms with E-state index in [2.05, 4.69) is 5.32 Å². The highest BCUT2D eigenvalue weighted by molar-refractivity contribution is 6.30. The molecular formula is C16H21ClN2O3. The summed E-state index contributed by atoms with van der Waals surface area (Å²) in [6, 6.07) is 6.64. The van der Waals surface area contributed by atoms with Crippen LogP contribution in [0.3, 0.4) is 0 Å². The van der Waals surface area contributed by atoms with Crippen LogP contribution in [0.1, 0.15) is 38.2 Å². The molecule has 120 valence electrons. The van der Waals surface area contributed by atoms with Crippen LogP contribution in [0.4, 0.5) is 4.79 Å². The second-order valence-electron chi connectivity index (χ2n) is 5.44. The lowest BCUT2D eigenvalue weighted by molar-refractivity contribution is -0.131. The van der Waals surface area contributed by atoms with Crippen molar-refractivity contribution in [3.63, 3.8) is 0 Å². The number of hydrogen-bond donors (Lipinski definition) is 2. The van der Waals surface area contributed by atoms with E-state index in [1.54, 1.807) is 24.3 Å². The topological polar surface area (TPSA) is 69.6 Å². The molecule has 0 radical (unpaired) electrons. The molecule has 0 saturated carbocycles. The summed E-state index contributed by atoms with van der Waals surface area (Å²) in [6.45, 7) is 2.38. The van der Waals surface area contributed by atoms with Crippen LogP contribution in [0.2, 0.25) is 5.02 Å². The van der Waals surface area contributed by atoms with Gasteiger partial charge in [-0.15, -0.1) is 0 Å². The highest BCUT2D eigenvalue weighted by Gasteiger charge is 2.50. The van der Waals surface area contributed by atoms with E-state index >= 15 is 0 Å². The van der Waals surface area contributed by atoms with Gasteiger partial charge in [0, 0.05) is 18.2 Å². The average Bonchev–Trinajstić information content (AvgIpc) is 2.76. The highest BCUT2D eigenvalue weighted by atomic mass is 35.5. The quantitative estimate of drug-likeness (QED) is 0.598. The first kappa shape index (κ1) is 16.8. The molecule has 6 heteroatoms. The number of rotatable bonds is 7. The third-order valence-corrected chi connectivity index (χ3v) is 4.33. The largest absolute Gasteiger partial charge is 0.396 e. The number of aliphatic hydroxyl groups excluding tert-OH is 1. The van der Waals surface area contributed by atoms with E-state index in [9.17, 15) is 9.59 Å². The number of benzene rings is 1. The summed E-state index contributed by atoms with van der Waals surface area (Å²) in [5.74, 6) is -0.216. The molecule has 1 aliphatic rings. The molecule has 1 aromatic carbocycles. The van der Waals surface area contributed by atoms with E-state index in [-0.39, 0.29) is 18.5 Å². The molecule has 0 aromatic heterocycles. The minimum absolute atomic E-state index is 0.129. The number of nitrogens with one attached hydrogen (secondary N) is 1. The zero-order valence-corrected chi connectivity index (χ0v) is 13.4. The first-order valence-corrected chi connectivity index (χ1v) is 7.94. The number of urea groups is 1. The fourth-order valence-corrected chi connectivity index (χ4v) is 2.89. The Morgan fingerprint density at radius 1 is 1.18 bits per heavy atom. The molecule has 0 spiro atoms. The van der Waals surface area contributed by atoms with Gasteiger partial charge in [0.1, 0.15) is 5.54 Å². The van der Waals surface area contributed by atoms with Crippen molar-refractivity contribution in [1.82, 2.24) is 10.2 Å². The summed E-state index contributed by atoms with van der Waals surface area (Å²) in [7, 11) is 0. The summed E-state index contributed by atoms with van der Waals surface area (Å²) in [4.78, 5) is 26.2. The van der Waals surface area contributed by atoms with Gasteiger partial charge in [-0.2, -0.15) is 0 Å². The molecule has 1 unspecified atom stereocenters. The number of halogens is 1. The standard InChI is InChI=1S/C16H21ClN2O3/c1-2-16(12-6-8-13(17)9-7-12)14(21)19(15(22)18-16)10-4-3-5-11-20/h6-9,20H,2-5,10-11H2,1H3,(H,18,22). The molecule has 1 saturated heterocycles. The van der Waals surface area contributed by atoms with Gasteiger partial charge in [-0.3, -0.25) is 9.69 Å². The number of aliphatic hydroxyl groups is 1. The van der Waals surface area contributed by atoms with Gasteiger partial charge >= 0.3 is 6.03 Å². The Morgan fingerprint density at radius 3 is 2.45 bits per heavy atom. The number of imide groups is 1. The Hall–Kier alpha value is -1.59. The fraction of sp³-hybridized carbons (Fsp3) is 0.500. The molecule has 2 N–H and O–H groups in total. The molecule has 0 bridgehead atoms. The van der Waals surface area contributed by atoms with Crippen LogP contribution in [0, 0.1) is 0 Å². The number of carbonyl (C=O) groups is 2. The summed E-state index contributed by atoms with van der Waals surface area (Å²) in [5, 5.41) is 12.2. The minimum Gasteiger partial charge on any atom is -0.396 e. The Labute approximate surface area is 135 Å². The van der Waals surface area contributed by atoms with Crippen molar-refractivity contribution in [2.45, 2.75) is 38.1 Å². The van der Waals surface area contributed by atoms with Crippen LogP contribution < -0.4 is 5.32 Å². The third kappa shape index (κ3) is 3.10. The highest BCUT2D eigenvalue weighted by Crippen LogP contribution is 2.33. The zero-order chi connectivity index (χ0) is 16.2. The summed E-state index contributed by atoms with van der Waals surface area (Å²) in [6.07, 6.45) is 2.64. The first-order chi connectivity index (χ1) is 10.5. The Bertz CT molecular complexity index is 547. The van der Waals surface area contributed by atoms with Gasteiger partial charge in [-0.25, -0.2) is 4.79 Å². The molecule has 22 heavy (non-hydrogen) atoms. The van der Waals surface area contributed by atoms with Gasteiger partial charge in [0.25, 0.3) is 5.91 Å². The minimum atomic E-state index is -1.00. The molecule has 1 aromatic rings. The predicted molar refractivity (Wildman–Crippen MR) is 84.6 cm³/mol. The van der Waals surface area contributed by atoms with E-state index in [0.717, 1.165) is 12.0 Å². The van der Waals surface area contributed by atoms with E-state index in [0.29, 0.717) is 30.8 Å². The molecule has 0 aliphatic carbocycles. The lowest BCUT2D eigenvalue weighted by atomic mass is 9.87. The zero-order valence-electron chi connectivity index (χ0n) is 12.6. The number of unbranched alkanes of at least 4 members (excludes halogenated alkanes) is 2. The molecule has 1 atom stereocenters. The molecule has 5 nitrogen and oxygen atoms in total. The summed E-state index contributed by atoms with van der Waals surface area (Å²) >= 11 is 5.90. The summed E-state index contributed by atoms with van der Waals surface area (Å²) in [5.41, 5.74) is -0.255. The van der Waals surface area contributed by atoms with Crippen LogP contribution in [0.25, 0.3) is 0 Å². The average molecular weight is 325 g/mol. The van der Waals surface area contributed by atoms with Crippen LogP contribution in [-0.4, -0.2) is 35.1 Å². The summed E-state index contributed by atoms with van der Waals surface area (Å²) < 4.78 is 0. The van der Waals surface area contributed by atoms with E-state index < -0.39 is 5.54 Å². The number of amides is 3. The SMILES string of the molecule is CCC1(c2ccc(Cl)cc2)NC(=O)N(CCCCCO)C1=O. The van der Waals surface area contributed by atoms with E-state index in [4.69, 9.17) is 16.7 Å². The van der Waals surface area contributed by atoms with Crippen LogP contribution >= 0.6 is 11.6 Å². The molecule has 3 amide bonds. The third-order valence-electron chi connectivity index (χ3n) is 4.08. The Balaban J connectivity index is 2.18. The normalized spacial score (nSPS) is 21.3. The molecule has 1 heterocycles. The maximum atomic E-state index is 12.8. The fourth-order valence-electron chi connectivity index (χ4n) is 2.76. The number of carbonyl (C=O) groups excluding carboxylic acids is 2. The molecule has 1 aliphatic heterocycles. The van der Waals surface area contributed by atoms with Gasteiger partial charge in [0.05, 0.1) is 0 Å². The van der Waals surface area contributed by atoms with Crippen LogP contribution in [0.5, 0.6) is 0 Å². The Kier molecular flexibility index (Phi) is 5.42. The van der Waals surface area contributed by atoms with Crippen molar-refractivity contribution in [1.29, 1.82) is 0 Å². The molecule has 1 fully saturated rings. The maximum Gasteiger partial charge on any atom is 0.325 e. The van der Waals surface area contributed by atoms with Crippen molar-refractivity contribution < 1.29 is 14.7 Å². The van der Waals surface area contributed by atoms with Crippen LogP contribution in [0.15, 0.2) is 24.3 Å². The lowest BCUT2D eigenvalue weighted by Gasteiger charge is -2.25. The lowest BCUT2D eigenvalue weighted by Crippen LogP contribution is -2.43. The first-order valence-electron chi connectivity index (χ1n) is 7.56. The van der Waals surface area contributed by atoms with E-state index in [1.807, 2.05) is 6.92 Å². The van der Waals surface area contributed by atoms with Crippen molar-refractivity contribution in [2.75, 3.05) is 13.2 Å². The molecule has 2 rings (SSSR count). The van der Waals surface area contributed by atoms with Crippen molar-refractivity contribution in [2.24, 2.45) is 0 Å². The van der Waals surface area contributed by atoms with Gasteiger partial charge in [0.15, 0.2) is 0 Å². The van der Waals surface area contributed by atoms with Gasteiger partial charge in [0.2, 0.25) is 0 Å².